The van der Waals surface area contributed by atoms with Gasteiger partial charge in [0.15, 0.2) is 0 Å². The van der Waals surface area contributed by atoms with E-state index in [-0.39, 0.29) is 12.5 Å². The lowest BCUT2D eigenvalue weighted by Crippen LogP contribution is -2.39. The highest BCUT2D eigenvalue weighted by molar-refractivity contribution is 5.85. The molecule has 1 aromatic heterocycles. The van der Waals surface area contributed by atoms with E-state index in [0.29, 0.717) is 22.9 Å². The maximum atomic E-state index is 13.4. The molecule has 0 spiro atoms. The van der Waals surface area contributed by atoms with Gasteiger partial charge >= 0.3 is 5.97 Å². The molecule has 1 atom stereocenters. The predicted octanol–water partition coefficient (Wildman–Crippen LogP) is 3.82. The highest BCUT2D eigenvalue weighted by atomic mass is 16.5. The molecule has 6 nitrogen and oxygen atoms in total. The minimum Gasteiger partial charge on any atom is -0.462 e. The van der Waals surface area contributed by atoms with Gasteiger partial charge in [0.25, 0.3) is 0 Å². The van der Waals surface area contributed by atoms with Crippen molar-refractivity contribution in [3.05, 3.63) is 96.1 Å². The van der Waals surface area contributed by atoms with E-state index in [1.165, 1.54) is 0 Å². The molecule has 33 heavy (non-hydrogen) atoms. The van der Waals surface area contributed by atoms with Crippen molar-refractivity contribution in [1.29, 1.82) is 0 Å². The van der Waals surface area contributed by atoms with Crippen LogP contribution in [0.15, 0.2) is 79.1 Å². The van der Waals surface area contributed by atoms with Gasteiger partial charge in [-0.15, -0.1) is 0 Å². The Morgan fingerprint density at radius 3 is 2.12 bits per heavy atom. The van der Waals surface area contributed by atoms with Crippen LogP contribution in [0.1, 0.15) is 48.6 Å². The van der Waals surface area contributed by atoms with E-state index < -0.39 is 11.6 Å². The first-order chi connectivity index (χ1) is 16.2. The zero-order chi connectivity index (χ0) is 22.9. The Morgan fingerprint density at radius 1 is 0.970 bits per heavy atom. The number of aliphatic hydroxyl groups is 1. The van der Waals surface area contributed by atoms with Crippen LogP contribution in [0, 0.1) is 5.92 Å². The number of benzene rings is 2. The zero-order valence-corrected chi connectivity index (χ0v) is 18.8. The molecular weight excluding hydrogens is 414 g/mol. The van der Waals surface area contributed by atoms with Crippen LogP contribution in [0.3, 0.4) is 0 Å². The number of rotatable bonds is 9. The molecule has 0 saturated carbocycles. The van der Waals surface area contributed by atoms with E-state index in [0.717, 1.165) is 38.8 Å². The summed E-state index contributed by atoms with van der Waals surface area (Å²) in [6, 6.07) is 19.6. The molecule has 1 unspecified atom stereocenters. The minimum absolute atomic E-state index is 0.121. The summed E-state index contributed by atoms with van der Waals surface area (Å²) >= 11 is 0. The molecule has 0 bridgehead atoms. The maximum Gasteiger partial charge on any atom is 0.347 e. The number of ether oxygens (including phenoxy) is 1. The van der Waals surface area contributed by atoms with Gasteiger partial charge in [-0.05, 0) is 61.9 Å². The van der Waals surface area contributed by atoms with Gasteiger partial charge in [0.1, 0.15) is 12.4 Å². The van der Waals surface area contributed by atoms with Gasteiger partial charge in [-0.25, -0.2) is 14.8 Å². The van der Waals surface area contributed by atoms with E-state index in [1.807, 2.05) is 12.1 Å². The number of esters is 1. The second kappa shape index (κ2) is 11.2. The van der Waals surface area contributed by atoms with Crippen LogP contribution in [0.2, 0.25) is 0 Å². The topological polar surface area (TPSA) is 84.3 Å². The van der Waals surface area contributed by atoms with Crippen molar-refractivity contribution in [1.82, 2.24) is 15.3 Å². The average Bonchev–Trinajstić information content (AvgIpc) is 2.90. The Labute approximate surface area is 195 Å². The molecule has 1 aliphatic rings. The monoisotopic (exact) mass is 445 g/mol. The molecule has 1 fully saturated rings. The van der Waals surface area contributed by atoms with Crippen LogP contribution in [0.5, 0.6) is 0 Å². The van der Waals surface area contributed by atoms with Crippen molar-refractivity contribution in [2.24, 2.45) is 5.92 Å². The Kier molecular flexibility index (Phi) is 7.81. The Hall–Kier alpha value is -3.09. The van der Waals surface area contributed by atoms with Crippen LogP contribution in [0.25, 0.3) is 0 Å². The number of carbonyl (C=O) groups is 1. The summed E-state index contributed by atoms with van der Waals surface area (Å²) in [4.78, 5) is 22.2. The molecular formula is C27H31N3O3. The number of hydrogen-bond acceptors (Lipinski definition) is 6. The van der Waals surface area contributed by atoms with E-state index in [9.17, 15) is 9.90 Å². The fourth-order valence-corrected chi connectivity index (χ4v) is 4.46. The highest BCUT2D eigenvalue weighted by Crippen LogP contribution is 2.32. The predicted molar refractivity (Wildman–Crippen MR) is 126 cm³/mol. The molecule has 3 aromatic rings. The second-order valence-corrected chi connectivity index (χ2v) is 8.62. The molecule has 1 aliphatic heterocycles. The fourth-order valence-electron chi connectivity index (χ4n) is 4.46. The average molecular weight is 446 g/mol. The molecule has 2 heterocycles. The first kappa shape index (κ1) is 23.1. The van der Waals surface area contributed by atoms with E-state index in [2.05, 4.69) is 15.3 Å². The van der Waals surface area contributed by atoms with Crippen molar-refractivity contribution >= 4 is 5.97 Å². The van der Waals surface area contributed by atoms with Crippen molar-refractivity contribution < 1.29 is 14.6 Å². The van der Waals surface area contributed by atoms with Gasteiger partial charge < -0.3 is 15.2 Å². The van der Waals surface area contributed by atoms with Gasteiger partial charge in [-0.1, -0.05) is 60.7 Å². The van der Waals surface area contributed by atoms with Crippen molar-refractivity contribution in [2.75, 3.05) is 19.7 Å². The summed E-state index contributed by atoms with van der Waals surface area (Å²) < 4.78 is 5.79. The summed E-state index contributed by atoms with van der Waals surface area (Å²) in [5, 5.41) is 15.0. The van der Waals surface area contributed by atoms with Gasteiger partial charge in [0.05, 0.1) is 5.92 Å². The molecule has 0 aliphatic carbocycles. The molecule has 0 amide bonds. The minimum atomic E-state index is -1.89. The quantitative estimate of drug-likeness (QED) is 0.487. The molecule has 1 saturated heterocycles. The second-order valence-electron chi connectivity index (χ2n) is 8.62. The normalized spacial score (nSPS) is 15.7. The Balaban J connectivity index is 1.52. The van der Waals surface area contributed by atoms with Gasteiger partial charge in [0.2, 0.25) is 5.60 Å². The lowest BCUT2D eigenvalue weighted by Gasteiger charge is -2.28. The lowest BCUT2D eigenvalue weighted by atomic mass is 9.86. The fraction of sp³-hybridized carbons (Fsp3) is 0.370. The summed E-state index contributed by atoms with van der Waals surface area (Å²) in [5.41, 5.74) is -0.938. The van der Waals surface area contributed by atoms with Crippen LogP contribution in [0.4, 0.5) is 0 Å². The molecule has 172 valence electrons. The third kappa shape index (κ3) is 5.64. The first-order valence-corrected chi connectivity index (χ1v) is 11.7. The van der Waals surface area contributed by atoms with Crippen LogP contribution < -0.4 is 5.32 Å². The number of carbonyl (C=O) groups excluding carboxylic acids is 1. The Bertz CT molecular complexity index is 953. The molecule has 2 aromatic carbocycles. The van der Waals surface area contributed by atoms with Crippen LogP contribution >= 0.6 is 0 Å². The van der Waals surface area contributed by atoms with Crippen LogP contribution in [-0.4, -0.2) is 40.7 Å². The van der Waals surface area contributed by atoms with Gasteiger partial charge in [0, 0.05) is 12.4 Å². The van der Waals surface area contributed by atoms with Gasteiger partial charge in [-0.2, -0.15) is 0 Å². The van der Waals surface area contributed by atoms with E-state index in [4.69, 9.17) is 4.74 Å². The number of nitrogens with zero attached hydrogens (tertiary/aromatic N) is 2. The summed E-state index contributed by atoms with van der Waals surface area (Å²) in [7, 11) is 0. The molecule has 0 radical (unpaired) electrons. The molecule has 6 heteroatoms. The highest BCUT2D eigenvalue weighted by Gasteiger charge is 2.42. The number of piperidine rings is 1. The number of aromatic nitrogens is 2. The standard InChI is InChI=1S/C27H31N3O3/c31-26(27(32,23-8-3-1-4-9-23)24-10-5-2-6-11-24)33-20-22(25-29-16-7-17-30-25)13-12-21-14-18-28-19-15-21/h1-11,16-17,21-22,28,32H,12-15,18-20H2. The summed E-state index contributed by atoms with van der Waals surface area (Å²) in [6.45, 7) is 2.22. The largest absolute Gasteiger partial charge is 0.462 e. The molecule has 4 rings (SSSR count). The number of nitrogens with one attached hydrogen (secondary N) is 1. The van der Waals surface area contributed by atoms with Crippen molar-refractivity contribution in [3.63, 3.8) is 0 Å². The van der Waals surface area contributed by atoms with E-state index in [1.54, 1.807) is 67.0 Å². The lowest BCUT2D eigenvalue weighted by molar-refractivity contribution is -0.163. The SMILES string of the molecule is O=C(OCC(CCC1CCNCC1)c1ncccn1)C(O)(c1ccccc1)c1ccccc1. The molecule has 2 N–H and O–H groups in total. The third-order valence-electron chi connectivity index (χ3n) is 6.43. The van der Waals surface area contributed by atoms with Crippen LogP contribution in [-0.2, 0) is 15.1 Å². The third-order valence-corrected chi connectivity index (χ3v) is 6.43. The van der Waals surface area contributed by atoms with E-state index >= 15 is 0 Å². The maximum absolute atomic E-state index is 13.4. The number of hydrogen-bond donors (Lipinski definition) is 2. The zero-order valence-electron chi connectivity index (χ0n) is 18.8. The summed E-state index contributed by atoms with van der Waals surface area (Å²) in [5.74, 6) is 0.504. The first-order valence-electron chi connectivity index (χ1n) is 11.7. The summed E-state index contributed by atoms with van der Waals surface area (Å²) in [6.07, 6.45) is 7.60. The Morgan fingerprint density at radius 2 is 1.55 bits per heavy atom. The smallest absolute Gasteiger partial charge is 0.347 e. The van der Waals surface area contributed by atoms with Crippen molar-refractivity contribution in [2.45, 2.75) is 37.2 Å². The van der Waals surface area contributed by atoms with Crippen molar-refractivity contribution in [3.8, 4) is 0 Å². The van der Waals surface area contributed by atoms with Gasteiger partial charge in [-0.3, -0.25) is 0 Å².